The van der Waals surface area contributed by atoms with Crippen molar-refractivity contribution in [2.75, 3.05) is 30.5 Å². The fourth-order valence-corrected chi connectivity index (χ4v) is 6.20. The average Bonchev–Trinajstić information content (AvgIpc) is 3.44. The van der Waals surface area contributed by atoms with E-state index in [-0.39, 0.29) is 5.91 Å². The van der Waals surface area contributed by atoms with Crippen molar-refractivity contribution in [3.05, 3.63) is 94.1 Å². The summed E-state index contributed by atoms with van der Waals surface area (Å²) in [5, 5.41) is 12.5. The quantitative estimate of drug-likeness (QED) is 0.130. The van der Waals surface area contributed by atoms with Crippen molar-refractivity contribution in [1.29, 1.82) is 0 Å². The van der Waals surface area contributed by atoms with Gasteiger partial charge in [-0.25, -0.2) is 4.68 Å². The van der Waals surface area contributed by atoms with Gasteiger partial charge in [0.2, 0.25) is 11.1 Å². The van der Waals surface area contributed by atoms with Gasteiger partial charge < -0.3 is 24.8 Å². The molecule has 11 heteroatoms. The number of halogens is 1. The van der Waals surface area contributed by atoms with Gasteiger partial charge >= 0.3 is 0 Å². The van der Waals surface area contributed by atoms with Crippen LogP contribution in [0, 0.1) is 5.92 Å². The lowest BCUT2D eigenvalue weighted by Crippen LogP contribution is -2.31. The number of amides is 1. The van der Waals surface area contributed by atoms with Crippen LogP contribution in [0.1, 0.15) is 58.2 Å². The molecule has 0 saturated carbocycles. The molecule has 1 amide bonds. The van der Waals surface area contributed by atoms with E-state index in [1.807, 2.05) is 87.5 Å². The van der Waals surface area contributed by atoms with Crippen LogP contribution in [0.25, 0.3) is 0 Å². The number of hydrogen-bond donors (Lipinski definition) is 2. The van der Waals surface area contributed by atoms with E-state index in [0.29, 0.717) is 81.8 Å². The lowest BCUT2D eigenvalue weighted by atomic mass is 9.94. The summed E-state index contributed by atoms with van der Waals surface area (Å²) in [6, 6.07) is 20.3. The maximum Gasteiger partial charge on any atom is 0.255 e. The number of carbonyl (C=O) groups excluding carboxylic acids is 1. The topological polar surface area (TPSA) is 99.5 Å². The molecule has 0 bridgehead atoms. The Bertz CT molecular complexity index is 1710. The summed E-state index contributed by atoms with van der Waals surface area (Å²) in [5.74, 6) is 3.22. The number of benzene rings is 3. The highest BCUT2D eigenvalue weighted by Crippen LogP contribution is 2.41. The fourth-order valence-electron chi connectivity index (χ4n) is 5.08. The lowest BCUT2D eigenvalue weighted by molar-refractivity contribution is -0.113. The molecule has 2 heterocycles. The average molecular weight is 662 g/mol. The molecule has 0 spiro atoms. The van der Waals surface area contributed by atoms with Crippen LogP contribution in [0.5, 0.6) is 17.2 Å². The van der Waals surface area contributed by atoms with Crippen molar-refractivity contribution in [3.8, 4) is 17.2 Å². The molecule has 2 N–H and O–H groups in total. The third-order valence-electron chi connectivity index (χ3n) is 7.36. The molecule has 1 aliphatic heterocycles. The monoisotopic (exact) mass is 661 g/mol. The van der Waals surface area contributed by atoms with Gasteiger partial charge in [-0.05, 0) is 74.6 Å². The van der Waals surface area contributed by atoms with Crippen molar-refractivity contribution < 1.29 is 19.0 Å². The van der Waals surface area contributed by atoms with Gasteiger partial charge in [-0.15, -0.1) is 5.10 Å². The van der Waals surface area contributed by atoms with Crippen LogP contribution < -0.4 is 24.8 Å². The number of aromatic nitrogens is 3. The smallest absolute Gasteiger partial charge is 0.255 e. The Kier molecular flexibility index (Phi) is 11.1. The zero-order chi connectivity index (χ0) is 32.6. The van der Waals surface area contributed by atoms with Crippen molar-refractivity contribution >= 4 is 40.9 Å². The molecule has 0 saturated heterocycles. The summed E-state index contributed by atoms with van der Waals surface area (Å²) < 4.78 is 19.7. The highest BCUT2D eigenvalue weighted by atomic mass is 35.5. The number of nitrogens with zero attached hydrogens (tertiary/aromatic N) is 3. The molecule has 9 nitrogen and oxygen atoms in total. The first kappa shape index (κ1) is 33.2. The molecular formula is C35H40ClN5O4S. The second-order valence-electron chi connectivity index (χ2n) is 11.2. The highest BCUT2D eigenvalue weighted by Gasteiger charge is 2.35. The number of hydrogen-bond acceptors (Lipinski definition) is 8. The molecule has 0 aliphatic carbocycles. The summed E-state index contributed by atoms with van der Waals surface area (Å²) in [6.45, 7) is 11.6. The normalized spacial score (nSPS) is 14.1. The Labute approximate surface area is 279 Å². The number of carbonyl (C=O) groups is 1. The zero-order valence-corrected chi connectivity index (χ0v) is 28.4. The van der Waals surface area contributed by atoms with Crippen LogP contribution >= 0.6 is 23.4 Å². The van der Waals surface area contributed by atoms with Crippen molar-refractivity contribution in [2.24, 2.45) is 5.92 Å². The van der Waals surface area contributed by atoms with Gasteiger partial charge in [0.1, 0.15) is 11.8 Å². The van der Waals surface area contributed by atoms with E-state index in [0.717, 1.165) is 17.5 Å². The van der Waals surface area contributed by atoms with Gasteiger partial charge in [-0.2, -0.15) is 4.98 Å². The van der Waals surface area contributed by atoms with Crippen LogP contribution in [0.3, 0.4) is 0 Å². The molecule has 1 aliphatic rings. The summed E-state index contributed by atoms with van der Waals surface area (Å²) >= 11 is 7.89. The Hall–Kier alpha value is -4.15. The maximum atomic E-state index is 14.2. The van der Waals surface area contributed by atoms with Gasteiger partial charge in [0, 0.05) is 16.5 Å². The number of anilines is 2. The van der Waals surface area contributed by atoms with Crippen molar-refractivity contribution in [1.82, 2.24) is 14.8 Å². The Morgan fingerprint density at radius 2 is 1.74 bits per heavy atom. The molecular weight excluding hydrogens is 622 g/mol. The molecule has 5 rings (SSSR count). The second kappa shape index (κ2) is 15.4. The minimum atomic E-state index is -0.610. The van der Waals surface area contributed by atoms with E-state index in [4.69, 9.17) is 35.9 Å². The van der Waals surface area contributed by atoms with E-state index in [9.17, 15) is 4.79 Å². The van der Waals surface area contributed by atoms with Crippen LogP contribution in [0.4, 0.5) is 11.6 Å². The van der Waals surface area contributed by atoms with Crippen molar-refractivity contribution in [2.45, 2.75) is 58.0 Å². The molecule has 46 heavy (non-hydrogen) atoms. The number of thioether (sulfide) groups is 1. The Balaban J connectivity index is 1.53. The highest BCUT2D eigenvalue weighted by molar-refractivity contribution is 7.98. The van der Waals surface area contributed by atoms with Crippen molar-refractivity contribution in [3.63, 3.8) is 0 Å². The SMILES string of the molecule is CCOc1ccccc1NC(=O)C1=C(C)Nc2nc(SCc3ccccc3Cl)nn2C1c1ccc(OCCC(C)C)c(OCC)c1. The van der Waals surface area contributed by atoms with Crippen LogP contribution in [0.15, 0.2) is 83.2 Å². The van der Waals surface area contributed by atoms with Gasteiger partial charge in [0.25, 0.3) is 5.91 Å². The summed E-state index contributed by atoms with van der Waals surface area (Å²) in [6.07, 6.45) is 0.925. The molecule has 4 aromatic rings. The molecule has 1 atom stereocenters. The number of rotatable bonds is 14. The summed E-state index contributed by atoms with van der Waals surface area (Å²) in [7, 11) is 0. The lowest BCUT2D eigenvalue weighted by Gasteiger charge is -2.29. The van der Waals surface area contributed by atoms with E-state index in [2.05, 4.69) is 24.5 Å². The van der Waals surface area contributed by atoms with Crippen LogP contribution in [-0.4, -0.2) is 40.5 Å². The third kappa shape index (κ3) is 7.79. The van der Waals surface area contributed by atoms with E-state index >= 15 is 0 Å². The van der Waals surface area contributed by atoms with Gasteiger partial charge in [0.15, 0.2) is 11.5 Å². The minimum absolute atomic E-state index is 0.288. The predicted octanol–water partition coefficient (Wildman–Crippen LogP) is 8.37. The number of ether oxygens (including phenoxy) is 3. The number of para-hydroxylation sites is 2. The standard InChI is InChI=1S/C35H40ClN5O4S/c1-6-43-28-15-11-10-14-27(28)38-33(42)31-23(5)37-34-39-35(46-21-25-12-8-9-13-26(25)36)40-41(34)32(31)24-16-17-29(30(20-24)44-7-2)45-19-18-22(3)4/h8-17,20,22,32H,6-7,18-19,21H2,1-5H3,(H,38,42)(H,37,39,40). The molecule has 1 unspecified atom stereocenters. The van der Waals surface area contributed by atoms with E-state index < -0.39 is 6.04 Å². The largest absolute Gasteiger partial charge is 0.492 e. The first-order valence-corrected chi connectivity index (χ1v) is 16.9. The number of allylic oxidation sites excluding steroid dienone is 1. The van der Waals surface area contributed by atoms with E-state index in [1.165, 1.54) is 11.8 Å². The van der Waals surface area contributed by atoms with Crippen LogP contribution in [-0.2, 0) is 10.5 Å². The van der Waals surface area contributed by atoms with Gasteiger partial charge in [-0.1, -0.05) is 73.6 Å². The minimum Gasteiger partial charge on any atom is -0.492 e. The molecule has 0 radical (unpaired) electrons. The van der Waals surface area contributed by atoms with E-state index in [1.54, 1.807) is 4.68 Å². The Morgan fingerprint density at radius 3 is 2.50 bits per heavy atom. The summed E-state index contributed by atoms with van der Waals surface area (Å²) in [4.78, 5) is 19.0. The summed E-state index contributed by atoms with van der Waals surface area (Å²) in [5.41, 5.74) is 3.52. The fraction of sp³-hybridized carbons (Fsp3) is 0.343. The first-order chi connectivity index (χ1) is 22.3. The molecule has 3 aromatic carbocycles. The second-order valence-corrected chi connectivity index (χ2v) is 12.5. The predicted molar refractivity (Wildman–Crippen MR) is 184 cm³/mol. The molecule has 242 valence electrons. The van der Waals surface area contributed by atoms with Gasteiger partial charge in [0.05, 0.1) is 31.1 Å². The van der Waals surface area contributed by atoms with Crippen LogP contribution in [0.2, 0.25) is 5.02 Å². The zero-order valence-electron chi connectivity index (χ0n) is 26.8. The van der Waals surface area contributed by atoms with Gasteiger partial charge in [-0.3, -0.25) is 4.79 Å². The maximum absolute atomic E-state index is 14.2. The molecule has 0 fully saturated rings. The molecule has 1 aromatic heterocycles. The number of fused-ring (bicyclic) bond motifs is 1. The number of nitrogens with one attached hydrogen (secondary N) is 2. The first-order valence-electron chi connectivity index (χ1n) is 15.5. The Morgan fingerprint density at radius 1 is 1.00 bits per heavy atom. The third-order valence-corrected chi connectivity index (χ3v) is 8.62.